The lowest BCUT2D eigenvalue weighted by atomic mass is 10.0. The molecule has 0 radical (unpaired) electrons. The average Bonchev–Trinajstić information content (AvgIpc) is 2.91. The van der Waals surface area contributed by atoms with Crippen LogP contribution in [-0.4, -0.2) is 41.0 Å². The summed E-state index contributed by atoms with van der Waals surface area (Å²) in [5, 5.41) is 0. The summed E-state index contributed by atoms with van der Waals surface area (Å²) in [5.74, 6) is -0.896. The molecule has 236 valence electrons. The van der Waals surface area contributed by atoms with Gasteiger partial charge in [-0.3, -0.25) is 14.1 Å². The van der Waals surface area contributed by atoms with E-state index in [2.05, 4.69) is 30.5 Å². The first-order valence-corrected chi connectivity index (χ1v) is 17.5. The monoisotopic (exact) mass is 590 g/mol. The average molecular weight is 591 g/mol. The van der Waals surface area contributed by atoms with Gasteiger partial charge in [0.1, 0.15) is 6.61 Å². The van der Waals surface area contributed by atoms with Crippen LogP contribution >= 0.6 is 7.82 Å². The molecular formula is C31H59O8P. The SMILES string of the molecule is CCC/C=C\CCCCCCCC(=O)OC(COC(=O)CCCCCCCCCCCCCC)COP(=O)(O)O. The highest BCUT2D eigenvalue weighted by molar-refractivity contribution is 7.46. The molecule has 1 atom stereocenters. The first kappa shape index (κ1) is 38.8. The van der Waals surface area contributed by atoms with Crippen molar-refractivity contribution in [2.24, 2.45) is 0 Å². The van der Waals surface area contributed by atoms with E-state index in [4.69, 9.17) is 19.3 Å². The van der Waals surface area contributed by atoms with Gasteiger partial charge in [-0.15, -0.1) is 0 Å². The molecule has 0 aromatic carbocycles. The van der Waals surface area contributed by atoms with E-state index in [9.17, 15) is 14.2 Å². The molecule has 9 heteroatoms. The highest BCUT2D eigenvalue weighted by Crippen LogP contribution is 2.35. The van der Waals surface area contributed by atoms with Crippen molar-refractivity contribution in [1.29, 1.82) is 0 Å². The van der Waals surface area contributed by atoms with E-state index in [1.54, 1.807) is 0 Å². The number of phosphoric acid groups is 1. The van der Waals surface area contributed by atoms with E-state index in [1.165, 1.54) is 64.2 Å². The molecule has 0 saturated heterocycles. The van der Waals surface area contributed by atoms with Crippen molar-refractivity contribution in [2.45, 2.75) is 161 Å². The van der Waals surface area contributed by atoms with Crippen LogP contribution in [0.4, 0.5) is 0 Å². The quantitative estimate of drug-likeness (QED) is 0.0384. The lowest BCUT2D eigenvalue weighted by Gasteiger charge is -2.18. The maximum absolute atomic E-state index is 12.2. The molecule has 0 aliphatic rings. The van der Waals surface area contributed by atoms with E-state index in [0.29, 0.717) is 6.42 Å². The van der Waals surface area contributed by atoms with Crippen LogP contribution in [-0.2, 0) is 28.2 Å². The Bertz CT molecular complexity index is 676. The van der Waals surface area contributed by atoms with Gasteiger partial charge in [0.05, 0.1) is 6.61 Å². The number of hydrogen-bond acceptors (Lipinski definition) is 6. The number of allylic oxidation sites excluding steroid dienone is 2. The van der Waals surface area contributed by atoms with E-state index >= 15 is 0 Å². The molecule has 0 aromatic rings. The number of hydrogen-bond donors (Lipinski definition) is 2. The Morgan fingerprint density at radius 3 is 1.62 bits per heavy atom. The third-order valence-corrected chi connectivity index (χ3v) is 7.25. The Hall–Kier alpha value is -1.21. The van der Waals surface area contributed by atoms with Gasteiger partial charge in [0.2, 0.25) is 0 Å². The minimum Gasteiger partial charge on any atom is -0.462 e. The first-order chi connectivity index (χ1) is 19.3. The molecule has 0 spiro atoms. The molecule has 2 N–H and O–H groups in total. The number of unbranched alkanes of at least 4 members (excludes halogenated alkanes) is 17. The lowest BCUT2D eigenvalue weighted by Crippen LogP contribution is -2.29. The lowest BCUT2D eigenvalue weighted by molar-refractivity contribution is -0.161. The molecule has 0 fully saturated rings. The van der Waals surface area contributed by atoms with Crippen molar-refractivity contribution in [3.8, 4) is 0 Å². The summed E-state index contributed by atoms with van der Waals surface area (Å²) >= 11 is 0. The van der Waals surface area contributed by atoms with Crippen molar-refractivity contribution in [3.05, 3.63) is 12.2 Å². The number of esters is 2. The van der Waals surface area contributed by atoms with Gasteiger partial charge in [-0.1, -0.05) is 122 Å². The summed E-state index contributed by atoms with van der Waals surface area (Å²) in [5.41, 5.74) is 0. The predicted molar refractivity (Wildman–Crippen MR) is 161 cm³/mol. The largest absolute Gasteiger partial charge is 0.469 e. The summed E-state index contributed by atoms with van der Waals surface area (Å²) < 4.78 is 26.1. The molecule has 40 heavy (non-hydrogen) atoms. The zero-order valence-electron chi connectivity index (χ0n) is 25.5. The summed E-state index contributed by atoms with van der Waals surface area (Å²) in [6, 6.07) is 0. The van der Waals surface area contributed by atoms with Gasteiger partial charge in [-0.25, -0.2) is 4.57 Å². The maximum Gasteiger partial charge on any atom is 0.469 e. The highest BCUT2D eigenvalue weighted by Gasteiger charge is 2.22. The first-order valence-electron chi connectivity index (χ1n) is 16.0. The molecule has 1 unspecified atom stereocenters. The summed E-state index contributed by atoms with van der Waals surface area (Å²) in [6.45, 7) is 3.58. The molecule has 8 nitrogen and oxygen atoms in total. The predicted octanol–water partition coefficient (Wildman–Crippen LogP) is 8.73. The van der Waals surface area contributed by atoms with Crippen molar-refractivity contribution in [1.82, 2.24) is 0 Å². The van der Waals surface area contributed by atoms with Crippen LogP contribution in [0.15, 0.2) is 12.2 Å². The molecule has 0 bridgehead atoms. The number of phosphoric ester groups is 1. The topological polar surface area (TPSA) is 119 Å². The van der Waals surface area contributed by atoms with Crippen LogP contribution in [0.1, 0.15) is 155 Å². The zero-order chi connectivity index (χ0) is 29.7. The van der Waals surface area contributed by atoms with Crippen molar-refractivity contribution in [3.63, 3.8) is 0 Å². The molecule has 0 aliphatic heterocycles. The van der Waals surface area contributed by atoms with Gasteiger partial charge < -0.3 is 19.3 Å². The Kier molecular flexibility index (Phi) is 27.1. The molecule has 0 amide bonds. The van der Waals surface area contributed by atoms with E-state index in [0.717, 1.165) is 57.8 Å². The van der Waals surface area contributed by atoms with E-state index in [-0.39, 0.29) is 19.4 Å². The summed E-state index contributed by atoms with van der Waals surface area (Å²) in [4.78, 5) is 42.4. The Morgan fingerprint density at radius 2 is 1.10 bits per heavy atom. The fraction of sp³-hybridized carbons (Fsp3) is 0.871. The Balaban J connectivity index is 4.03. The number of rotatable bonds is 29. The smallest absolute Gasteiger partial charge is 0.462 e. The van der Waals surface area contributed by atoms with Gasteiger partial charge in [0.25, 0.3) is 0 Å². The van der Waals surface area contributed by atoms with Crippen LogP contribution in [0.2, 0.25) is 0 Å². The van der Waals surface area contributed by atoms with Crippen LogP contribution in [0.3, 0.4) is 0 Å². The fourth-order valence-corrected chi connectivity index (χ4v) is 4.73. The minimum absolute atomic E-state index is 0.204. The third kappa shape index (κ3) is 29.8. The van der Waals surface area contributed by atoms with Crippen molar-refractivity contribution < 1.29 is 37.9 Å². The normalized spacial score (nSPS) is 12.6. The Morgan fingerprint density at radius 1 is 0.625 bits per heavy atom. The second-order valence-electron chi connectivity index (χ2n) is 10.8. The molecule has 0 saturated carbocycles. The molecular weight excluding hydrogens is 531 g/mol. The van der Waals surface area contributed by atoms with Crippen LogP contribution in [0.5, 0.6) is 0 Å². The summed E-state index contributed by atoms with van der Waals surface area (Å²) in [6.07, 6.45) is 26.6. The van der Waals surface area contributed by atoms with Gasteiger partial charge in [0.15, 0.2) is 6.10 Å². The second-order valence-corrected chi connectivity index (χ2v) is 12.0. The van der Waals surface area contributed by atoms with Gasteiger partial charge in [0, 0.05) is 12.8 Å². The Labute approximate surface area is 244 Å². The standard InChI is InChI=1S/C31H59O8P/c1-3-5-7-9-11-13-15-16-18-19-21-23-25-30(32)37-27-29(28-38-40(34,35)36)39-31(33)26-24-22-20-17-14-12-10-8-6-4-2/h8,10,29H,3-7,9,11-28H2,1-2H3,(H2,34,35,36)/b10-8-. The van der Waals surface area contributed by atoms with Gasteiger partial charge in [-0.05, 0) is 32.1 Å². The molecule has 0 aromatic heterocycles. The number of carbonyl (C=O) groups is 2. The zero-order valence-corrected chi connectivity index (χ0v) is 26.4. The van der Waals surface area contributed by atoms with Crippen molar-refractivity contribution >= 4 is 19.8 Å². The number of ether oxygens (including phenoxy) is 2. The van der Waals surface area contributed by atoms with Crippen molar-refractivity contribution in [2.75, 3.05) is 13.2 Å². The maximum atomic E-state index is 12.2. The van der Waals surface area contributed by atoms with Gasteiger partial charge >= 0.3 is 19.8 Å². The number of carbonyl (C=O) groups excluding carboxylic acids is 2. The van der Waals surface area contributed by atoms with Crippen LogP contribution in [0, 0.1) is 0 Å². The van der Waals surface area contributed by atoms with Crippen LogP contribution in [0.25, 0.3) is 0 Å². The van der Waals surface area contributed by atoms with Crippen LogP contribution < -0.4 is 0 Å². The molecule has 0 rings (SSSR count). The second kappa shape index (κ2) is 27.9. The third-order valence-electron chi connectivity index (χ3n) is 6.77. The van der Waals surface area contributed by atoms with Gasteiger partial charge in [-0.2, -0.15) is 0 Å². The minimum atomic E-state index is -4.74. The molecule has 0 heterocycles. The van der Waals surface area contributed by atoms with E-state index < -0.39 is 32.5 Å². The fourth-order valence-electron chi connectivity index (χ4n) is 4.37. The molecule has 0 aliphatic carbocycles. The highest BCUT2D eigenvalue weighted by atomic mass is 31.2. The summed E-state index contributed by atoms with van der Waals surface area (Å²) in [7, 11) is -4.74. The van der Waals surface area contributed by atoms with E-state index in [1.807, 2.05) is 0 Å².